The van der Waals surface area contributed by atoms with Crippen LogP contribution in [0, 0.1) is 11.8 Å². The number of hydrogen-bond donors (Lipinski definition) is 0. The molecule has 0 unspecified atom stereocenters. The highest BCUT2D eigenvalue weighted by Gasteiger charge is 2.80. The van der Waals surface area contributed by atoms with E-state index in [-0.39, 0.29) is 22.3 Å². The van der Waals surface area contributed by atoms with Crippen molar-refractivity contribution in [3.63, 3.8) is 0 Å². The molecule has 0 N–H and O–H groups in total. The van der Waals surface area contributed by atoms with Crippen LogP contribution < -0.4 is 0 Å². The summed E-state index contributed by atoms with van der Waals surface area (Å²) in [4.78, 5) is 0. The molecule has 2 rings (SSSR count). The minimum absolute atomic E-state index is 0.0741. The molecule has 0 aliphatic heterocycles. The molecule has 2 fully saturated rings. The molecule has 70 valence electrons. The number of fused-ring (bicyclic) bond motifs is 1. The molecule has 6 heteroatoms. The summed E-state index contributed by atoms with van der Waals surface area (Å²) in [7, 11) is -5.97. The molecule has 2 saturated carbocycles. The Hall–Kier alpha value is -0.100. The highest BCUT2D eigenvalue weighted by atomic mass is 32.2. The fraction of sp³-hybridized carbons (Fsp3) is 1.00. The Morgan fingerprint density at radius 3 is 1.17 bits per heavy atom. The zero-order chi connectivity index (χ0) is 9.31. The van der Waals surface area contributed by atoms with Crippen molar-refractivity contribution in [2.24, 2.45) is 11.8 Å². The highest BCUT2D eigenvalue weighted by Crippen LogP contribution is 2.68. The third kappa shape index (κ3) is 1.01. The van der Waals surface area contributed by atoms with Crippen molar-refractivity contribution in [1.82, 2.24) is 0 Å². The molecule has 0 radical (unpaired) electrons. The SMILES string of the molecule is CS(=O)(=O)C1C2C1C2S(C)(=O)=O. The maximum absolute atomic E-state index is 10.9. The lowest BCUT2D eigenvalue weighted by Gasteiger charge is -2.07. The van der Waals surface area contributed by atoms with Gasteiger partial charge in [-0.3, -0.25) is 0 Å². The van der Waals surface area contributed by atoms with E-state index in [0.29, 0.717) is 0 Å². The Morgan fingerprint density at radius 1 is 0.750 bits per heavy atom. The summed E-state index contributed by atoms with van der Waals surface area (Å²) in [5.41, 5.74) is 0. The molecule has 0 atom stereocenters. The summed E-state index contributed by atoms with van der Waals surface area (Å²) in [6.07, 6.45) is 2.34. The van der Waals surface area contributed by atoms with Gasteiger partial charge < -0.3 is 0 Å². The summed E-state index contributed by atoms with van der Waals surface area (Å²) in [6, 6.07) is 0. The molecule has 2 aliphatic carbocycles. The van der Waals surface area contributed by atoms with Gasteiger partial charge in [0.05, 0.1) is 10.5 Å². The standard InChI is InChI=1S/C6H10O4S2/c1-11(7,8)5-3-4(5)6(3)12(2,9)10/h3-6H,1-2H3. The van der Waals surface area contributed by atoms with Crippen molar-refractivity contribution < 1.29 is 16.8 Å². The molecule has 12 heavy (non-hydrogen) atoms. The molecule has 0 amide bonds. The van der Waals surface area contributed by atoms with Crippen LogP contribution in [0.5, 0.6) is 0 Å². The third-order valence-corrected chi connectivity index (χ3v) is 5.90. The molecular weight excluding hydrogens is 200 g/mol. The zero-order valence-electron chi connectivity index (χ0n) is 6.76. The lowest BCUT2D eigenvalue weighted by Crippen LogP contribution is -2.25. The molecule has 0 saturated heterocycles. The smallest absolute Gasteiger partial charge is 0.150 e. The number of sulfone groups is 2. The van der Waals surface area contributed by atoms with E-state index < -0.39 is 19.7 Å². The van der Waals surface area contributed by atoms with Crippen LogP contribution in [-0.2, 0) is 19.7 Å². The Morgan fingerprint density at radius 2 is 1.00 bits per heavy atom. The predicted octanol–water partition coefficient (Wildman–Crippen LogP) is -0.928. The Balaban J connectivity index is 2.10. The highest BCUT2D eigenvalue weighted by molar-refractivity contribution is 7.93. The Kier molecular flexibility index (Phi) is 1.32. The molecular formula is C6H10O4S2. The van der Waals surface area contributed by atoms with E-state index in [1.807, 2.05) is 0 Å². The molecule has 0 bridgehead atoms. The second-order valence-corrected chi connectivity index (χ2v) is 8.15. The summed E-state index contributed by atoms with van der Waals surface area (Å²) < 4.78 is 43.6. The van der Waals surface area contributed by atoms with Crippen molar-refractivity contribution >= 4 is 19.7 Å². The van der Waals surface area contributed by atoms with Crippen LogP contribution >= 0.6 is 0 Å². The van der Waals surface area contributed by atoms with Crippen molar-refractivity contribution in [2.75, 3.05) is 12.5 Å². The molecule has 0 spiro atoms. The second kappa shape index (κ2) is 1.87. The van der Waals surface area contributed by atoms with Crippen molar-refractivity contribution in [3.05, 3.63) is 0 Å². The average Bonchev–Trinajstić information content (AvgIpc) is 2.29. The van der Waals surface area contributed by atoms with Gasteiger partial charge >= 0.3 is 0 Å². The summed E-state index contributed by atoms with van der Waals surface area (Å²) in [5.74, 6) is -0.148. The predicted molar refractivity (Wildman–Crippen MR) is 44.2 cm³/mol. The van der Waals surface area contributed by atoms with Crippen molar-refractivity contribution in [2.45, 2.75) is 10.5 Å². The van der Waals surface area contributed by atoms with Gasteiger partial charge in [-0.05, 0) is 11.8 Å². The lowest BCUT2D eigenvalue weighted by atomic mass is 10.4. The fourth-order valence-electron chi connectivity index (χ4n) is 2.03. The minimum atomic E-state index is -2.99. The van der Waals surface area contributed by atoms with Gasteiger partial charge in [-0.2, -0.15) is 0 Å². The molecule has 0 aromatic carbocycles. The van der Waals surface area contributed by atoms with E-state index in [1.165, 1.54) is 12.5 Å². The van der Waals surface area contributed by atoms with Gasteiger partial charge in [-0.25, -0.2) is 16.8 Å². The van der Waals surface area contributed by atoms with Crippen LogP contribution in [0.25, 0.3) is 0 Å². The maximum atomic E-state index is 10.9. The van der Waals surface area contributed by atoms with Gasteiger partial charge in [0.1, 0.15) is 0 Å². The number of rotatable bonds is 2. The van der Waals surface area contributed by atoms with E-state index in [4.69, 9.17) is 0 Å². The fourth-order valence-corrected chi connectivity index (χ4v) is 5.73. The van der Waals surface area contributed by atoms with Gasteiger partial charge in [-0.15, -0.1) is 0 Å². The maximum Gasteiger partial charge on any atom is 0.150 e. The van der Waals surface area contributed by atoms with E-state index in [2.05, 4.69) is 0 Å². The first kappa shape index (κ1) is 8.50. The molecule has 2 aliphatic rings. The van der Waals surface area contributed by atoms with Crippen molar-refractivity contribution in [1.29, 1.82) is 0 Å². The largest absolute Gasteiger partial charge is 0.229 e. The van der Waals surface area contributed by atoms with Gasteiger partial charge in [-0.1, -0.05) is 0 Å². The molecule has 0 aromatic rings. The van der Waals surface area contributed by atoms with E-state index in [9.17, 15) is 16.8 Å². The van der Waals surface area contributed by atoms with Crippen molar-refractivity contribution in [3.8, 4) is 0 Å². The summed E-state index contributed by atoms with van der Waals surface area (Å²) >= 11 is 0. The van der Waals surface area contributed by atoms with Crippen LogP contribution in [0.1, 0.15) is 0 Å². The molecule has 4 nitrogen and oxygen atoms in total. The monoisotopic (exact) mass is 210 g/mol. The number of hydrogen-bond acceptors (Lipinski definition) is 4. The van der Waals surface area contributed by atoms with Gasteiger partial charge in [0.25, 0.3) is 0 Å². The third-order valence-electron chi connectivity index (χ3n) is 2.67. The normalized spacial score (nSPS) is 45.2. The van der Waals surface area contributed by atoms with Gasteiger partial charge in [0, 0.05) is 12.5 Å². The zero-order valence-corrected chi connectivity index (χ0v) is 8.39. The lowest BCUT2D eigenvalue weighted by molar-refractivity contribution is 0.580. The summed E-state index contributed by atoms with van der Waals surface area (Å²) in [5, 5.41) is -0.700. The first-order chi connectivity index (χ1) is 5.24. The first-order valence-corrected chi connectivity index (χ1v) is 7.53. The van der Waals surface area contributed by atoms with E-state index in [0.717, 1.165) is 0 Å². The van der Waals surface area contributed by atoms with E-state index in [1.54, 1.807) is 0 Å². The van der Waals surface area contributed by atoms with E-state index >= 15 is 0 Å². The van der Waals surface area contributed by atoms with Crippen LogP contribution in [0.2, 0.25) is 0 Å². The quantitative estimate of drug-likeness (QED) is 0.590. The molecule has 0 aromatic heterocycles. The second-order valence-electron chi connectivity index (χ2n) is 3.74. The van der Waals surface area contributed by atoms with Gasteiger partial charge in [0.15, 0.2) is 19.7 Å². The average molecular weight is 210 g/mol. The van der Waals surface area contributed by atoms with Gasteiger partial charge in [0.2, 0.25) is 0 Å². The summed E-state index contributed by atoms with van der Waals surface area (Å²) in [6.45, 7) is 0. The Labute approximate surface area is 71.8 Å². The Bertz CT molecular complexity index is 368. The topological polar surface area (TPSA) is 68.3 Å². The molecule has 0 heterocycles. The minimum Gasteiger partial charge on any atom is -0.229 e. The van der Waals surface area contributed by atoms with Crippen LogP contribution in [0.15, 0.2) is 0 Å². The first-order valence-electron chi connectivity index (χ1n) is 3.62. The van der Waals surface area contributed by atoms with Crippen LogP contribution in [0.3, 0.4) is 0 Å². The van der Waals surface area contributed by atoms with Crippen LogP contribution in [-0.4, -0.2) is 39.8 Å². The van der Waals surface area contributed by atoms with Crippen LogP contribution in [0.4, 0.5) is 0 Å².